The van der Waals surface area contributed by atoms with Crippen LogP contribution in [0.2, 0.25) is 0 Å². The van der Waals surface area contributed by atoms with E-state index in [4.69, 9.17) is 5.10 Å². The highest BCUT2D eigenvalue weighted by Gasteiger charge is 2.35. The molecule has 3 aromatic carbocycles. The van der Waals surface area contributed by atoms with E-state index in [0.29, 0.717) is 36.8 Å². The first-order valence-corrected chi connectivity index (χ1v) is 15.0. The molecule has 0 unspecified atom stereocenters. The number of nitrogens with zero attached hydrogens (tertiary/aromatic N) is 4. The Bertz CT molecular complexity index is 1400. The molecule has 1 saturated heterocycles. The van der Waals surface area contributed by atoms with E-state index in [9.17, 15) is 8.42 Å². The fourth-order valence-corrected chi connectivity index (χ4v) is 7.51. The second kappa shape index (κ2) is 10.8. The van der Waals surface area contributed by atoms with Crippen LogP contribution in [-0.4, -0.2) is 53.6 Å². The quantitative estimate of drug-likeness (QED) is 0.307. The molecule has 0 amide bonds. The summed E-state index contributed by atoms with van der Waals surface area (Å²) in [6.07, 6.45) is 6.22. The van der Waals surface area contributed by atoms with E-state index in [-0.39, 0.29) is 12.1 Å². The van der Waals surface area contributed by atoms with E-state index >= 15 is 0 Å². The number of hydrogen-bond donors (Lipinski definition) is 0. The van der Waals surface area contributed by atoms with Gasteiger partial charge in [-0.2, -0.15) is 9.40 Å². The van der Waals surface area contributed by atoms with Gasteiger partial charge in [0.1, 0.15) is 10.6 Å². The largest absolute Gasteiger partial charge is 0.290 e. The minimum Gasteiger partial charge on any atom is -0.290 e. The standard InChI is InChI=1S/C31H34N4O2S/c36-38(37,29-24-35(28-18-10-11-19-28)32-30(29)25-12-4-1-5-13-25)34-22-20-33(21-23-34)31(26-14-6-2-7-15-26)27-16-8-3-9-17-27/h1-9,12-17,24,28,31H,10-11,18-23H2. The average molecular weight is 527 g/mol. The van der Waals surface area contributed by atoms with Crippen LogP contribution in [0.4, 0.5) is 0 Å². The van der Waals surface area contributed by atoms with Crippen LogP contribution in [0.3, 0.4) is 0 Å². The number of rotatable bonds is 7. The molecule has 4 aromatic rings. The Balaban J connectivity index is 1.28. The number of piperazine rings is 1. The van der Waals surface area contributed by atoms with Gasteiger partial charge >= 0.3 is 0 Å². The predicted molar refractivity (Wildman–Crippen MR) is 150 cm³/mol. The minimum atomic E-state index is -3.70. The highest BCUT2D eigenvalue weighted by Crippen LogP contribution is 2.35. The van der Waals surface area contributed by atoms with Crippen LogP contribution in [0.15, 0.2) is 102 Å². The predicted octanol–water partition coefficient (Wildman–Crippen LogP) is 5.76. The summed E-state index contributed by atoms with van der Waals surface area (Å²) in [5.74, 6) is 0. The Morgan fingerprint density at radius 2 is 1.24 bits per heavy atom. The first kappa shape index (κ1) is 25.0. The van der Waals surface area contributed by atoms with Crippen LogP contribution in [-0.2, 0) is 10.0 Å². The second-order valence-corrected chi connectivity index (χ2v) is 12.2. The maximum Gasteiger partial charge on any atom is 0.246 e. The monoisotopic (exact) mass is 526 g/mol. The third kappa shape index (κ3) is 4.94. The molecule has 0 spiro atoms. The van der Waals surface area contributed by atoms with E-state index in [1.165, 1.54) is 24.0 Å². The summed E-state index contributed by atoms with van der Waals surface area (Å²) in [5, 5.41) is 4.85. The van der Waals surface area contributed by atoms with Gasteiger partial charge < -0.3 is 0 Å². The minimum absolute atomic E-state index is 0.0900. The average Bonchev–Trinajstić information content (AvgIpc) is 3.66. The molecule has 38 heavy (non-hydrogen) atoms. The first-order valence-electron chi connectivity index (χ1n) is 13.6. The van der Waals surface area contributed by atoms with Gasteiger partial charge in [0.2, 0.25) is 10.0 Å². The van der Waals surface area contributed by atoms with Crippen LogP contribution < -0.4 is 0 Å². The summed E-state index contributed by atoms with van der Waals surface area (Å²) in [4.78, 5) is 2.73. The SMILES string of the molecule is O=S(=O)(c1cn(C2CCCC2)nc1-c1ccccc1)N1CCN(C(c2ccccc2)c2ccccc2)CC1. The molecule has 1 saturated carbocycles. The lowest BCUT2D eigenvalue weighted by Gasteiger charge is -2.39. The Labute approximate surface area is 225 Å². The molecule has 2 aliphatic rings. The number of aromatic nitrogens is 2. The van der Waals surface area contributed by atoms with Crippen LogP contribution in [0.1, 0.15) is 48.9 Å². The highest BCUT2D eigenvalue weighted by atomic mass is 32.2. The van der Waals surface area contributed by atoms with Crippen molar-refractivity contribution in [2.75, 3.05) is 26.2 Å². The second-order valence-electron chi connectivity index (χ2n) is 10.3. The summed E-state index contributed by atoms with van der Waals surface area (Å²) in [6, 6.07) is 31.0. The topological polar surface area (TPSA) is 58.4 Å². The molecular formula is C31H34N4O2S. The van der Waals surface area contributed by atoms with Crippen molar-refractivity contribution in [1.82, 2.24) is 19.0 Å². The van der Waals surface area contributed by atoms with E-state index in [1.54, 1.807) is 10.5 Å². The van der Waals surface area contributed by atoms with Crippen LogP contribution >= 0.6 is 0 Å². The molecular weight excluding hydrogens is 492 g/mol. The van der Waals surface area contributed by atoms with E-state index < -0.39 is 10.0 Å². The molecule has 6 nitrogen and oxygen atoms in total. The molecule has 196 valence electrons. The zero-order chi connectivity index (χ0) is 26.0. The smallest absolute Gasteiger partial charge is 0.246 e. The van der Waals surface area contributed by atoms with Crippen molar-refractivity contribution in [2.24, 2.45) is 0 Å². The van der Waals surface area contributed by atoms with Crippen molar-refractivity contribution >= 4 is 10.0 Å². The van der Waals surface area contributed by atoms with E-state index in [0.717, 1.165) is 18.4 Å². The van der Waals surface area contributed by atoms with Crippen molar-refractivity contribution in [3.63, 3.8) is 0 Å². The zero-order valence-corrected chi connectivity index (χ0v) is 22.4. The lowest BCUT2D eigenvalue weighted by atomic mass is 9.96. The number of benzene rings is 3. The van der Waals surface area contributed by atoms with Crippen molar-refractivity contribution in [1.29, 1.82) is 0 Å². The zero-order valence-electron chi connectivity index (χ0n) is 21.6. The molecule has 0 bridgehead atoms. The molecule has 0 N–H and O–H groups in total. The van der Waals surface area contributed by atoms with Gasteiger partial charge in [0, 0.05) is 37.9 Å². The van der Waals surface area contributed by atoms with Crippen molar-refractivity contribution in [3.05, 3.63) is 108 Å². The summed E-state index contributed by atoms with van der Waals surface area (Å²) in [5.41, 5.74) is 3.85. The fourth-order valence-electron chi connectivity index (χ4n) is 5.94. The third-order valence-electron chi connectivity index (χ3n) is 7.93. The fraction of sp³-hybridized carbons (Fsp3) is 0.323. The van der Waals surface area contributed by atoms with Crippen LogP contribution in [0.25, 0.3) is 11.3 Å². The molecule has 0 atom stereocenters. The van der Waals surface area contributed by atoms with Gasteiger partial charge in [0.15, 0.2) is 0 Å². The van der Waals surface area contributed by atoms with E-state index in [1.807, 2.05) is 47.1 Å². The maximum atomic E-state index is 14.1. The third-order valence-corrected chi connectivity index (χ3v) is 9.83. The summed E-state index contributed by atoms with van der Waals surface area (Å²) in [7, 11) is -3.70. The number of sulfonamides is 1. The molecule has 7 heteroatoms. The molecule has 1 aliphatic carbocycles. The van der Waals surface area contributed by atoms with Gasteiger partial charge in [-0.1, -0.05) is 104 Å². The Morgan fingerprint density at radius 3 is 1.79 bits per heavy atom. The molecule has 6 rings (SSSR count). The number of hydrogen-bond acceptors (Lipinski definition) is 4. The van der Waals surface area contributed by atoms with Gasteiger partial charge in [-0.3, -0.25) is 9.58 Å². The molecule has 1 aromatic heterocycles. The van der Waals surface area contributed by atoms with Crippen molar-refractivity contribution in [3.8, 4) is 11.3 Å². The van der Waals surface area contributed by atoms with Crippen molar-refractivity contribution in [2.45, 2.75) is 42.7 Å². The maximum absolute atomic E-state index is 14.1. The van der Waals surface area contributed by atoms with Crippen LogP contribution in [0, 0.1) is 0 Å². The summed E-state index contributed by atoms with van der Waals surface area (Å²) < 4.78 is 31.7. The van der Waals surface area contributed by atoms with E-state index in [2.05, 4.69) is 53.4 Å². The van der Waals surface area contributed by atoms with Gasteiger partial charge in [0.25, 0.3) is 0 Å². The van der Waals surface area contributed by atoms with Gasteiger partial charge in [-0.15, -0.1) is 0 Å². The van der Waals surface area contributed by atoms with Gasteiger partial charge in [-0.05, 0) is 24.0 Å². The Kier molecular flexibility index (Phi) is 7.15. The summed E-state index contributed by atoms with van der Waals surface area (Å²) >= 11 is 0. The first-order chi connectivity index (χ1) is 18.6. The van der Waals surface area contributed by atoms with Gasteiger partial charge in [-0.25, -0.2) is 8.42 Å². The normalized spacial score (nSPS) is 17.8. The Hall–Kier alpha value is -3.26. The molecule has 2 fully saturated rings. The van der Waals surface area contributed by atoms with Gasteiger partial charge in [0.05, 0.1) is 12.1 Å². The lowest BCUT2D eigenvalue weighted by molar-refractivity contribution is 0.156. The van der Waals surface area contributed by atoms with Crippen molar-refractivity contribution < 1.29 is 8.42 Å². The highest BCUT2D eigenvalue weighted by molar-refractivity contribution is 7.89. The summed E-state index contributed by atoms with van der Waals surface area (Å²) in [6.45, 7) is 2.21. The van der Waals surface area contributed by atoms with Crippen LogP contribution in [0.5, 0.6) is 0 Å². The Morgan fingerprint density at radius 1 is 0.711 bits per heavy atom. The lowest BCUT2D eigenvalue weighted by Crippen LogP contribution is -2.49. The molecule has 1 aliphatic heterocycles. The molecule has 0 radical (unpaired) electrons. The molecule has 2 heterocycles.